The zero-order chi connectivity index (χ0) is 23.2. The molecule has 0 atom stereocenters. The van der Waals surface area contributed by atoms with E-state index < -0.39 is 5.91 Å². The summed E-state index contributed by atoms with van der Waals surface area (Å²) in [7, 11) is 0. The number of thiophene rings is 1. The third-order valence-corrected chi connectivity index (χ3v) is 5.86. The fourth-order valence-corrected chi connectivity index (χ4v) is 4.26. The Morgan fingerprint density at radius 3 is 2.21 bits per heavy atom. The topological polar surface area (TPSA) is 67.9 Å². The number of ether oxygens (including phenoxy) is 2. The van der Waals surface area contributed by atoms with Crippen molar-refractivity contribution in [3.05, 3.63) is 76.6 Å². The monoisotopic (exact) mass is 462 g/mol. The summed E-state index contributed by atoms with van der Waals surface area (Å²) in [6.07, 6.45) is 1.76. The highest BCUT2D eigenvalue weighted by Gasteiger charge is 2.40. The molecule has 1 aliphatic rings. The Morgan fingerprint density at radius 2 is 1.55 bits per heavy atom. The van der Waals surface area contributed by atoms with E-state index in [9.17, 15) is 9.59 Å². The van der Waals surface area contributed by atoms with Gasteiger partial charge in [0, 0.05) is 22.7 Å². The minimum atomic E-state index is -0.407. The van der Waals surface area contributed by atoms with Crippen LogP contribution < -0.4 is 19.7 Å². The summed E-state index contributed by atoms with van der Waals surface area (Å²) < 4.78 is 11.4. The lowest BCUT2D eigenvalue weighted by Crippen LogP contribution is -2.32. The van der Waals surface area contributed by atoms with Gasteiger partial charge in [-0.15, -0.1) is 11.3 Å². The molecule has 2 amide bonds. The molecule has 0 aliphatic carbocycles. The van der Waals surface area contributed by atoms with Gasteiger partial charge in [-0.1, -0.05) is 32.0 Å². The van der Waals surface area contributed by atoms with E-state index in [0.29, 0.717) is 41.7 Å². The zero-order valence-corrected chi connectivity index (χ0v) is 19.5. The first-order valence-electron chi connectivity index (χ1n) is 11.0. The van der Waals surface area contributed by atoms with E-state index in [1.807, 2.05) is 61.7 Å². The van der Waals surface area contributed by atoms with Crippen molar-refractivity contribution in [1.29, 1.82) is 0 Å². The largest absolute Gasteiger partial charge is 0.494 e. The Hall–Kier alpha value is -3.58. The van der Waals surface area contributed by atoms with Crippen molar-refractivity contribution >= 4 is 40.1 Å². The first kappa shape index (κ1) is 22.6. The van der Waals surface area contributed by atoms with Gasteiger partial charge in [0.05, 0.1) is 24.5 Å². The predicted molar refractivity (Wildman–Crippen MR) is 132 cm³/mol. The molecule has 3 aromatic rings. The number of amides is 2. The lowest BCUT2D eigenvalue weighted by molar-refractivity contribution is -0.120. The van der Waals surface area contributed by atoms with Crippen LogP contribution in [0.1, 0.15) is 31.6 Å². The Labute approximate surface area is 197 Å². The number of benzene rings is 2. The molecule has 0 bridgehead atoms. The first-order chi connectivity index (χ1) is 16.1. The van der Waals surface area contributed by atoms with Gasteiger partial charge in [-0.25, -0.2) is 4.90 Å². The summed E-state index contributed by atoms with van der Waals surface area (Å²) in [4.78, 5) is 29.0. The van der Waals surface area contributed by atoms with Crippen molar-refractivity contribution in [1.82, 2.24) is 0 Å². The minimum Gasteiger partial charge on any atom is -0.494 e. The maximum Gasteiger partial charge on any atom is 0.282 e. The van der Waals surface area contributed by atoms with Gasteiger partial charge < -0.3 is 14.8 Å². The van der Waals surface area contributed by atoms with Gasteiger partial charge >= 0.3 is 0 Å². The molecule has 0 fully saturated rings. The molecule has 170 valence electrons. The second kappa shape index (κ2) is 10.4. The van der Waals surface area contributed by atoms with Gasteiger partial charge in [0.15, 0.2) is 0 Å². The van der Waals surface area contributed by atoms with Crippen LogP contribution in [0.3, 0.4) is 0 Å². The van der Waals surface area contributed by atoms with Crippen LogP contribution in [0.2, 0.25) is 0 Å². The van der Waals surface area contributed by atoms with Gasteiger partial charge in [0.25, 0.3) is 11.8 Å². The molecule has 6 nitrogen and oxygen atoms in total. The molecule has 4 rings (SSSR count). The molecule has 0 unspecified atom stereocenters. The summed E-state index contributed by atoms with van der Waals surface area (Å²) in [6.45, 7) is 5.23. The van der Waals surface area contributed by atoms with E-state index in [1.165, 1.54) is 16.2 Å². The van der Waals surface area contributed by atoms with Crippen LogP contribution in [0.25, 0.3) is 5.57 Å². The van der Waals surface area contributed by atoms with Crippen molar-refractivity contribution in [2.24, 2.45) is 0 Å². The maximum atomic E-state index is 13.5. The number of nitrogens with zero attached hydrogens (tertiary/aromatic N) is 1. The Bertz CT molecular complexity index is 1170. The number of carbonyl (C=O) groups is 2. The van der Waals surface area contributed by atoms with Crippen LogP contribution >= 0.6 is 11.3 Å². The van der Waals surface area contributed by atoms with E-state index in [1.54, 1.807) is 18.2 Å². The van der Waals surface area contributed by atoms with Crippen LogP contribution in [-0.2, 0) is 9.59 Å². The molecular weight excluding hydrogens is 436 g/mol. The quantitative estimate of drug-likeness (QED) is 0.390. The standard InChI is InChI=1S/C26H26N2O4S/c1-3-13-31-20-10-5-8-18(16-20)27-24-23(22-12-7-15-33-22)25(29)28(26(24)30)19-9-6-11-21(17-19)32-14-4-2/h5-12,15-17,27H,3-4,13-14H2,1-2H3. The van der Waals surface area contributed by atoms with Gasteiger partial charge in [0.2, 0.25) is 0 Å². The number of carbonyl (C=O) groups excluding carboxylic acids is 2. The summed E-state index contributed by atoms with van der Waals surface area (Å²) in [5.74, 6) is 0.552. The van der Waals surface area contributed by atoms with Crippen molar-refractivity contribution in [2.45, 2.75) is 26.7 Å². The van der Waals surface area contributed by atoms with Crippen LogP contribution in [-0.4, -0.2) is 25.0 Å². The summed E-state index contributed by atoms with van der Waals surface area (Å²) >= 11 is 1.42. The van der Waals surface area contributed by atoms with Gasteiger partial charge in [-0.3, -0.25) is 9.59 Å². The fraction of sp³-hybridized carbons (Fsp3) is 0.231. The van der Waals surface area contributed by atoms with E-state index >= 15 is 0 Å². The van der Waals surface area contributed by atoms with Crippen molar-refractivity contribution < 1.29 is 19.1 Å². The third-order valence-electron chi connectivity index (χ3n) is 4.98. The highest BCUT2D eigenvalue weighted by Crippen LogP contribution is 2.36. The molecule has 1 aliphatic heterocycles. The van der Waals surface area contributed by atoms with Crippen LogP contribution in [0.4, 0.5) is 11.4 Å². The molecule has 0 saturated heterocycles. The van der Waals surface area contributed by atoms with Crippen molar-refractivity contribution in [2.75, 3.05) is 23.4 Å². The molecule has 0 radical (unpaired) electrons. The molecule has 33 heavy (non-hydrogen) atoms. The molecule has 0 saturated carbocycles. The number of hydrogen-bond donors (Lipinski definition) is 1. The van der Waals surface area contributed by atoms with E-state index in [2.05, 4.69) is 5.32 Å². The lowest BCUT2D eigenvalue weighted by atomic mass is 10.2. The average molecular weight is 463 g/mol. The molecule has 1 aromatic heterocycles. The normalized spacial score (nSPS) is 13.6. The number of nitrogens with one attached hydrogen (secondary N) is 1. The number of hydrogen-bond acceptors (Lipinski definition) is 6. The van der Waals surface area contributed by atoms with E-state index in [4.69, 9.17) is 9.47 Å². The van der Waals surface area contributed by atoms with Crippen LogP contribution in [0, 0.1) is 0 Å². The summed E-state index contributed by atoms with van der Waals surface area (Å²) in [5.41, 5.74) is 1.75. The summed E-state index contributed by atoms with van der Waals surface area (Å²) in [5, 5.41) is 5.08. The van der Waals surface area contributed by atoms with Crippen molar-refractivity contribution in [3.8, 4) is 11.5 Å². The van der Waals surface area contributed by atoms with Crippen LogP contribution in [0.5, 0.6) is 11.5 Å². The van der Waals surface area contributed by atoms with Gasteiger partial charge in [-0.2, -0.15) is 0 Å². The number of anilines is 2. The first-order valence-corrected chi connectivity index (χ1v) is 11.9. The lowest BCUT2D eigenvalue weighted by Gasteiger charge is -2.16. The zero-order valence-electron chi connectivity index (χ0n) is 18.7. The molecule has 1 N–H and O–H groups in total. The van der Waals surface area contributed by atoms with Gasteiger partial charge in [-0.05, 0) is 48.6 Å². The Balaban J connectivity index is 1.69. The second-order valence-corrected chi connectivity index (χ2v) is 8.47. The minimum absolute atomic E-state index is 0.245. The third kappa shape index (κ3) is 4.93. The number of rotatable bonds is 10. The molecule has 2 heterocycles. The second-order valence-electron chi connectivity index (χ2n) is 7.52. The summed E-state index contributed by atoms with van der Waals surface area (Å²) in [6, 6.07) is 18.2. The highest BCUT2D eigenvalue weighted by molar-refractivity contribution is 7.11. The van der Waals surface area contributed by atoms with E-state index in [0.717, 1.165) is 17.7 Å². The van der Waals surface area contributed by atoms with E-state index in [-0.39, 0.29) is 11.6 Å². The molecule has 2 aromatic carbocycles. The molecular formula is C26H26N2O4S. The fourth-order valence-electron chi connectivity index (χ4n) is 3.49. The van der Waals surface area contributed by atoms with Gasteiger partial charge in [0.1, 0.15) is 17.2 Å². The smallest absolute Gasteiger partial charge is 0.282 e. The molecule has 0 spiro atoms. The Morgan fingerprint density at radius 1 is 0.848 bits per heavy atom. The Kier molecular flexibility index (Phi) is 7.10. The van der Waals surface area contributed by atoms with Crippen LogP contribution in [0.15, 0.2) is 71.7 Å². The van der Waals surface area contributed by atoms with Crippen molar-refractivity contribution in [3.63, 3.8) is 0 Å². The molecule has 7 heteroatoms. The maximum absolute atomic E-state index is 13.5. The predicted octanol–water partition coefficient (Wildman–Crippen LogP) is 5.72. The number of imide groups is 1. The highest BCUT2D eigenvalue weighted by atomic mass is 32.1. The average Bonchev–Trinajstić information content (AvgIpc) is 3.43. The SMILES string of the molecule is CCCOc1cccc(NC2=C(c3cccs3)C(=O)N(c3cccc(OCCC)c3)C2=O)c1.